The van der Waals surface area contributed by atoms with Crippen LogP contribution >= 0.6 is 0 Å². The zero-order valence-corrected chi connectivity index (χ0v) is 16.4. The summed E-state index contributed by atoms with van der Waals surface area (Å²) >= 11 is 0. The van der Waals surface area contributed by atoms with Crippen LogP contribution in [-0.4, -0.2) is 55.7 Å². The van der Waals surface area contributed by atoms with Gasteiger partial charge in [-0.05, 0) is 38.8 Å². The number of pyridine rings is 1. The molecule has 0 aliphatic carbocycles. The maximum atomic E-state index is 12.9. The number of aryl methyl sites for hydroxylation is 2. The van der Waals surface area contributed by atoms with Gasteiger partial charge < -0.3 is 4.90 Å². The van der Waals surface area contributed by atoms with E-state index in [-0.39, 0.29) is 6.03 Å². The highest BCUT2D eigenvalue weighted by Crippen LogP contribution is 2.21. The Kier molecular flexibility index (Phi) is 4.81. The first-order valence-corrected chi connectivity index (χ1v) is 9.53. The van der Waals surface area contributed by atoms with Crippen LogP contribution < -0.4 is 9.80 Å². The van der Waals surface area contributed by atoms with Crippen LogP contribution in [0.15, 0.2) is 30.6 Å². The maximum absolute atomic E-state index is 12.9. The topological polar surface area (TPSA) is 85.0 Å². The number of anilines is 2. The van der Waals surface area contributed by atoms with Crippen molar-refractivity contribution in [3.05, 3.63) is 36.4 Å². The zero-order chi connectivity index (χ0) is 19.7. The van der Waals surface area contributed by atoms with E-state index < -0.39 is 0 Å². The van der Waals surface area contributed by atoms with E-state index in [4.69, 9.17) is 0 Å². The fourth-order valence-corrected chi connectivity index (χ4v) is 3.29. The minimum absolute atomic E-state index is 0.306. The zero-order valence-electron chi connectivity index (χ0n) is 16.4. The first-order valence-electron chi connectivity index (χ1n) is 9.53. The Morgan fingerprint density at radius 1 is 1.18 bits per heavy atom. The molecular weight excluding hydrogens is 356 g/mol. The highest BCUT2D eigenvalue weighted by Gasteiger charge is 2.21. The van der Waals surface area contributed by atoms with Crippen LogP contribution in [0.1, 0.15) is 25.6 Å². The van der Waals surface area contributed by atoms with E-state index in [1.54, 1.807) is 30.9 Å². The molecule has 3 aromatic heterocycles. The SMILES string of the molecule is CCn1ccc(N(C)C(=O)n2nc(-c3ccc(N4CCCC4)nc3)nc2C)n1. The second-order valence-electron chi connectivity index (χ2n) is 6.86. The molecule has 1 aliphatic heterocycles. The van der Waals surface area contributed by atoms with Crippen molar-refractivity contribution < 1.29 is 4.79 Å². The van der Waals surface area contributed by atoms with E-state index in [1.807, 2.05) is 25.3 Å². The molecule has 146 valence electrons. The molecule has 1 fully saturated rings. The van der Waals surface area contributed by atoms with Crippen molar-refractivity contribution >= 4 is 17.7 Å². The number of hydrogen-bond acceptors (Lipinski definition) is 6. The van der Waals surface area contributed by atoms with Crippen LogP contribution in [0.2, 0.25) is 0 Å². The highest BCUT2D eigenvalue weighted by atomic mass is 16.2. The summed E-state index contributed by atoms with van der Waals surface area (Å²) in [5.74, 6) is 2.55. The Balaban J connectivity index is 1.55. The standard InChI is InChI=1S/C19H24N8O/c1-4-26-12-9-17(22-26)24(3)19(28)27-14(2)21-18(23-27)15-7-8-16(20-13-15)25-10-5-6-11-25/h7-9,12-13H,4-6,10-11H2,1-3H3. The summed E-state index contributed by atoms with van der Waals surface area (Å²) in [7, 11) is 1.68. The van der Waals surface area contributed by atoms with E-state index in [0.29, 0.717) is 17.5 Å². The predicted molar refractivity (Wildman–Crippen MR) is 107 cm³/mol. The molecule has 0 atom stereocenters. The second kappa shape index (κ2) is 7.41. The summed E-state index contributed by atoms with van der Waals surface area (Å²) in [5, 5.41) is 8.77. The van der Waals surface area contributed by atoms with Crippen LogP contribution in [0.25, 0.3) is 11.4 Å². The van der Waals surface area contributed by atoms with Gasteiger partial charge in [0.25, 0.3) is 0 Å². The van der Waals surface area contributed by atoms with Crippen molar-refractivity contribution in [2.24, 2.45) is 0 Å². The number of carbonyl (C=O) groups is 1. The average Bonchev–Trinajstić information content (AvgIpc) is 3.47. The Morgan fingerprint density at radius 3 is 2.61 bits per heavy atom. The largest absolute Gasteiger partial charge is 0.357 e. The van der Waals surface area contributed by atoms with Gasteiger partial charge in [0.2, 0.25) is 0 Å². The lowest BCUT2D eigenvalue weighted by Gasteiger charge is -2.15. The van der Waals surface area contributed by atoms with Gasteiger partial charge >= 0.3 is 6.03 Å². The quantitative estimate of drug-likeness (QED) is 0.692. The maximum Gasteiger partial charge on any atom is 0.351 e. The monoisotopic (exact) mass is 380 g/mol. The molecule has 0 saturated carbocycles. The van der Waals surface area contributed by atoms with E-state index in [0.717, 1.165) is 31.0 Å². The number of hydrogen-bond donors (Lipinski definition) is 0. The van der Waals surface area contributed by atoms with Crippen LogP contribution in [-0.2, 0) is 6.54 Å². The van der Waals surface area contributed by atoms with Gasteiger partial charge in [0.15, 0.2) is 11.6 Å². The van der Waals surface area contributed by atoms with Gasteiger partial charge in [0.1, 0.15) is 11.6 Å². The fraction of sp³-hybridized carbons (Fsp3) is 0.421. The molecular formula is C19H24N8O. The van der Waals surface area contributed by atoms with E-state index in [2.05, 4.69) is 25.1 Å². The van der Waals surface area contributed by atoms with Gasteiger partial charge in [-0.25, -0.2) is 14.8 Å². The van der Waals surface area contributed by atoms with Crippen LogP contribution in [0.3, 0.4) is 0 Å². The first-order chi connectivity index (χ1) is 13.6. The Hall–Kier alpha value is -3.23. The predicted octanol–water partition coefficient (Wildman–Crippen LogP) is 2.57. The van der Waals surface area contributed by atoms with Gasteiger partial charge in [-0.1, -0.05) is 0 Å². The molecule has 4 heterocycles. The number of rotatable bonds is 4. The minimum atomic E-state index is -0.306. The van der Waals surface area contributed by atoms with E-state index >= 15 is 0 Å². The van der Waals surface area contributed by atoms with Gasteiger partial charge in [0, 0.05) is 50.7 Å². The normalized spacial score (nSPS) is 13.9. The lowest BCUT2D eigenvalue weighted by Crippen LogP contribution is -2.32. The molecule has 1 saturated heterocycles. The number of carbonyl (C=O) groups excluding carboxylic acids is 1. The van der Waals surface area contributed by atoms with Crippen molar-refractivity contribution in [3.8, 4) is 11.4 Å². The molecule has 4 rings (SSSR count). The summed E-state index contributed by atoms with van der Waals surface area (Å²) in [6, 6.07) is 5.44. The molecule has 0 N–H and O–H groups in total. The first kappa shape index (κ1) is 18.1. The second-order valence-corrected chi connectivity index (χ2v) is 6.86. The summed E-state index contributed by atoms with van der Waals surface area (Å²) < 4.78 is 3.07. The van der Waals surface area contributed by atoms with Crippen molar-refractivity contribution in [2.75, 3.05) is 29.9 Å². The molecule has 0 aromatic carbocycles. The third-order valence-corrected chi connectivity index (χ3v) is 4.97. The summed E-state index contributed by atoms with van der Waals surface area (Å²) in [4.78, 5) is 25.6. The molecule has 28 heavy (non-hydrogen) atoms. The minimum Gasteiger partial charge on any atom is -0.357 e. The smallest absolute Gasteiger partial charge is 0.351 e. The number of amides is 1. The summed E-state index contributed by atoms with van der Waals surface area (Å²) in [5.41, 5.74) is 0.788. The van der Waals surface area contributed by atoms with Crippen LogP contribution in [0, 0.1) is 6.92 Å². The molecule has 9 heteroatoms. The summed E-state index contributed by atoms with van der Waals surface area (Å²) in [6.45, 7) is 6.60. The Labute approximate surface area is 163 Å². The highest BCUT2D eigenvalue weighted by molar-refractivity contribution is 5.92. The van der Waals surface area contributed by atoms with Crippen LogP contribution in [0.5, 0.6) is 0 Å². The van der Waals surface area contributed by atoms with Gasteiger partial charge in [-0.15, -0.1) is 5.10 Å². The van der Waals surface area contributed by atoms with E-state index in [9.17, 15) is 4.79 Å². The van der Waals surface area contributed by atoms with Crippen molar-refractivity contribution in [1.29, 1.82) is 0 Å². The molecule has 0 radical (unpaired) electrons. The molecule has 9 nitrogen and oxygen atoms in total. The molecule has 1 aliphatic rings. The van der Waals surface area contributed by atoms with E-state index in [1.165, 1.54) is 22.4 Å². The fourth-order valence-electron chi connectivity index (χ4n) is 3.29. The van der Waals surface area contributed by atoms with Gasteiger partial charge in [-0.2, -0.15) is 9.78 Å². The Bertz CT molecular complexity index is 968. The van der Waals surface area contributed by atoms with Crippen molar-refractivity contribution in [3.63, 3.8) is 0 Å². The molecule has 0 unspecified atom stereocenters. The van der Waals surface area contributed by atoms with Gasteiger partial charge in [-0.3, -0.25) is 9.58 Å². The summed E-state index contributed by atoms with van der Waals surface area (Å²) in [6.07, 6.45) is 6.03. The number of aromatic nitrogens is 6. The Morgan fingerprint density at radius 2 is 1.96 bits per heavy atom. The lowest BCUT2D eigenvalue weighted by atomic mass is 10.2. The molecule has 0 spiro atoms. The van der Waals surface area contributed by atoms with Crippen molar-refractivity contribution in [2.45, 2.75) is 33.2 Å². The van der Waals surface area contributed by atoms with Crippen LogP contribution in [0.4, 0.5) is 16.4 Å². The third kappa shape index (κ3) is 3.35. The van der Waals surface area contributed by atoms with Gasteiger partial charge in [0.05, 0.1) is 0 Å². The molecule has 1 amide bonds. The van der Waals surface area contributed by atoms with Crippen molar-refractivity contribution in [1.82, 2.24) is 29.5 Å². The molecule has 0 bridgehead atoms. The number of nitrogens with zero attached hydrogens (tertiary/aromatic N) is 8. The lowest BCUT2D eigenvalue weighted by molar-refractivity contribution is 0.245. The molecule has 3 aromatic rings. The average molecular weight is 380 g/mol. The third-order valence-electron chi connectivity index (χ3n) is 4.97.